The third-order valence-corrected chi connectivity index (χ3v) is 6.39. The van der Waals surface area contributed by atoms with E-state index in [1.807, 2.05) is 0 Å². The molecule has 0 aliphatic carbocycles. The standard InChI is InChI=1S/C11H13ClO5S2/c1-8-6-18(13,14)7-11(8)17-19(15,16)10-4-2-9(12)3-5-10/h2-5,8,11H,6-7H2,1H3/t8-,11-/m1/s1. The lowest BCUT2D eigenvalue weighted by molar-refractivity contribution is 0.192. The van der Waals surface area contributed by atoms with E-state index in [9.17, 15) is 16.8 Å². The molecule has 0 spiro atoms. The van der Waals surface area contributed by atoms with Crippen LogP contribution in [0.25, 0.3) is 0 Å². The summed E-state index contributed by atoms with van der Waals surface area (Å²) in [6.45, 7) is 1.66. The van der Waals surface area contributed by atoms with Crippen molar-refractivity contribution in [3.05, 3.63) is 29.3 Å². The minimum Gasteiger partial charge on any atom is -0.262 e. The molecule has 0 radical (unpaired) electrons. The van der Waals surface area contributed by atoms with Crippen LogP contribution in [-0.4, -0.2) is 34.4 Å². The molecule has 1 aliphatic heterocycles. The zero-order valence-corrected chi connectivity index (χ0v) is 12.5. The number of halogens is 1. The van der Waals surface area contributed by atoms with Crippen molar-refractivity contribution in [2.24, 2.45) is 5.92 Å². The van der Waals surface area contributed by atoms with Crippen LogP contribution in [0.4, 0.5) is 0 Å². The van der Waals surface area contributed by atoms with E-state index >= 15 is 0 Å². The Morgan fingerprint density at radius 2 is 1.79 bits per heavy atom. The lowest BCUT2D eigenvalue weighted by atomic mass is 10.1. The SMILES string of the molecule is C[C@@H]1CS(=O)(=O)C[C@H]1OS(=O)(=O)c1ccc(Cl)cc1. The van der Waals surface area contributed by atoms with Crippen molar-refractivity contribution >= 4 is 31.6 Å². The molecule has 1 fully saturated rings. The second-order valence-corrected chi connectivity index (χ2v) is 8.76. The number of sulfone groups is 1. The fourth-order valence-corrected chi connectivity index (χ4v) is 5.36. The first kappa shape index (κ1) is 14.8. The van der Waals surface area contributed by atoms with Gasteiger partial charge < -0.3 is 0 Å². The Morgan fingerprint density at radius 3 is 2.26 bits per heavy atom. The Morgan fingerprint density at radius 1 is 1.21 bits per heavy atom. The van der Waals surface area contributed by atoms with E-state index in [1.54, 1.807) is 6.92 Å². The molecule has 0 saturated carbocycles. The van der Waals surface area contributed by atoms with Crippen molar-refractivity contribution in [3.63, 3.8) is 0 Å². The third kappa shape index (κ3) is 3.47. The molecule has 0 amide bonds. The van der Waals surface area contributed by atoms with Crippen LogP contribution in [0.1, 0.15) is 6.92 Å². The Balaban J connectivity index is 2.21. The summed E-state index contributed by atoms with van der Waals surface area (Å²) in [6.07, 6.45) is -0.828. The highest BCUT2D eigenvalue weighted by Crippen LogP contribution is 2.26. The minimum absolute atomic E-state index is 0.0339. The summed E-state index contributed by atoms with van der Waals surface area (Å²) >= 11 is 5.68. The second-order valence-electron chi connectivity index (χ2n) is 4.60. The van der Waals surface area contributed by atoms with E-state index in [0.717, 1.165) is 0 Å². The fraction of sp³-hybridized carbons (Fsp3) is 0.455. The lowest BCUT2D eigenvalue weighted by Gasteiger charge is -2.14. The Bertz CT molecular complexity index is 664. The van der Waals surface area contributed by atoms with Gasteiger partial charge in [-0.2, -0.15) is 8.42 Å². The Labute approximate surface area is 117 Å². The molecule has 19 heavy (non-hydrogen) atoms. The van der Waals surface area contributed by atoms with Gasteiger partial charge in [0.05, 0.1) is 22.5 Å². The molecular weight excluding hydrogens is 312 g/mol. The van der Waals surface area contributed by atoms with Gasteiger partial charge in [-0.05, 0) is 30.2 Å². The molecule has 0 N–H and O–H groups in total. The topological polar surface area (TPSA) is 77.5 Å². The smallest absolute Gasteiger partial charge is 0.262 e. The van der Waals surface area contributed by atoms with Crippen molar-refractivity contribution in [2.75, 3.05) is 11.5 Å². The number of rotatable bonds is 3. The van der Waals surface area contributed by atoms with Gasteiger partial charge in [-0.15, -0.1) is 0 Å². The third-order valence-electron chi connectivity index (χ3n) is 2.92. The van der Waals surface area contributed by atoms with E-state index in [2.05, 4.69) is 0 Å². The molecule has 106 valence electrons. The number of benzene rings is 1. The first-order valence-electron chi connectivity index (χ1n) is 5.59. The van der Waals surface area contributed by atoms with E-state index in [-0.39, 0.29) is 22.3 Å². The summed E-state index contributed by atoms with van der Waals surface area (Å²) in [5, 5.41) is 0.413. The molecule has 1 aromatic rings. The van der Waals surface area contributed by atoms with Crippen LogP contribution in [0.5, 0.6) is 0 Å². The summed E-state index contributed by atoms with van der Waals surface area (Å²) in [5.74, 6) is -0.651. The van der Waals surface area contributed by atoms with Crippen LogP contribution in [0.3, 0.4) is 0 Å². The lowest BCUT2D eigenvalue weighted by Crippen LogP contribution is -2.24. The average molecular weight is 325 g/mol. The van der Waals surface area contributed by atoms with Crippen LogP contribution >= 0.6 is 11.6 Å². The van der Waals surface area contributed by atoms with Crippen LogP contribution in [-0.2, 0) is 24.1 Å². The predicted molar refractivity (Wildman–Crippen MR) is 71.3 cm³/mol. The molecule has 5 nitrogen and oxygen atoms in total. The van der Waals surface area contributed by atoms with Gasteiger partial charge in [0.25, 0.3) is 10.1 Å². The van der Waals surface area contributed by atoms with Gasteiger partial charge in [-0.25, -0.2) is 8.42 Å². The quantitative estimate of drug-likeness (QED) is 0.787. The van der Waals surface area contributed by atoms with Gasteiger partial charge >= 0.3 is 0 Å². The highest BCUT2D eigenvalue weighted by Gasteiger charge is 2.38. The highest BCUT2D eigenvalue weighted by molar-refractivity contribution is 7.91. The fourth-order valence-electron chi connectivity index (χ4n) is 1.93. The van der Waals surface area contributed by atoms with Gasteiger partial charge in [0.1, 0.15) is 0 Å². The van der Waals surface area contributed by atoms with Crippen molar-refractivity contribution in [2.45, 2.75) is 17.9 Å². The van der Waals surface area contributed by atoms with Crippen LogP contribution in [0.15, 0.2) is 29.2 Å². The zero-order chi connectivity index (χ0) is 14.3. The highest BCUT2D eigenvalue weighted by atomic mass is 35.5. The molecule has 2 atom stereocenters. The van der Waals surface area contributed by atoms with Gasteiger partial charge in [-0.3, -0.25) is 4.18 Å². The predicted octanol–water partition coefficient (Wildman–Crippen LogP) is 1.48. The number of hydrogen-bond acceptors (Lipinski definition) is 5. The minimum atomic E-state index is -3.97. The zero-order valence-electron chi connectivity index (χ0n) is 10.1. The Hall–Kier alpha value is -0.630. The molecule has 0 aromatic heterocycles. The van der Waals surface area contributed by atoms with Gasteiger partial charge in [0.15, 0.2) is 9.84 Å². The van der Waals surface area contributed by atoms with Gasteiger partial charge in [-0.1, -0.05) is 18.5 Å². The first-order valence-corrected chi connectivity index (χ1v) is 9.20. The monoisotopic (exact) mass is 324 g/mol. The van der Waals surface area contributed by atoms with Crippen LogP contribution < -0.4 is 0 Å². The molecule has 1 saturated heterocycles. The Kier molecular flexibility index (Phi) is 3.92. The largest absolute Gasteiger partial charge is 0.297 e. The summed E-state index contributed by atoms with van der Waals surface area (Å²) in [4.78, 5) is -0.0339. The average Bonchev–Trinajstić information content (AvgIpc) is 2.51. The first-order chi connectivity index (χ1) is 8.70. The molecule has 0 unspecified atom stereocenters. The van der Waals surface area contributed by atoms with Gasteiger partial charge in [0, 0.05) is 5.02 Å². The molecule has 8 heteroatoms. The maximum absolute atomic E-state index is 12.0. The van der Waals surface area contributed by atoms with Crippen molar-refractivity contribution < 1.29 is 21.0 Å². The molecule has 1 heterocycles. The molecule has 0 bridgehead atoms. The molecule has 1 aromatic carbocycles. The molecule has 1 aliphatic rings. The summed E-state index contributed by atoms with van der Waals surface area (Å²) in [6, 6.07) is 5.52. The summed E-state index contributed by atoms with van der Waals surface area (Å²) < 4.78 is 51.9. The van der Waals surface area contributed by atoms with E-state index < -0.39 is 26.1 Å². The second kappa shape index (κ2) is 5.05. The van der Waals surface area contributed by atoms with Crippen molar-refractivity contribution in [1.82, 2.24) is 0 Å². The van der Waals surface area contributed by atoms with E-state index in [0.29, 0.717) is 5.02 Å². The molecular formula is C11H13ClO5S2. The summed E-state index contributed by atoms with van der Waals surface area (Å²) in [5.41, 5.74) is 0. The van der Waals surface area contributed by atoms with E-state index in [1.165, 1.54) is 24.3 Å². The maximum atomic E-state index is 12.0. The van der Waals surface area contributed by atoms with Crippen molar-refractivity contribution in [1.29, 1.82) is 0 Å². The maximum Gasteiger partial charge on any atom is 0.297 e. The van der Waals surface area contributed by atoms with E-state index in [4.69, 9.17) is 15.8 Å². The van der Waals surface area contributed by atoms with Crippen LogP contribution in [0, 0.1) is 5.92 Å². The summed E-state index contributed by atoms with van der Waals surface area (Å²) in [7, 11) is -7.18. The van der Waals surface area contributed by atoms with Crippen LogP contribution in [0.2, 0.25) is 5.02 Å². The number of hydrogen-bond donors (Lipinski definition) is 0. The normalized spacial score (nSPS) is 26.4. The van der Waals surface area contributed by atoms with Gasteiger partial charge in [0.2, 0.25) is 0 Å². The van der Waals surface area contributed by atoms with Crippen molar-refractivity contribution in [3.8, 4) is 0 Å². The molecule has 2 rings (SSSR count).